The molecule has 33 heavy (non-hydrogen) atoms. The Morgan fingerprint density at radius 1 is 1.15 bits per heavy atom. The molecule has 0 saturated carbocycles. The summed E-state index contributed by atoms with van der Waals surface area (Å²) in [6.07, 6.45) is 3.45. The molecule has 2 heterocycles. The van der Waals surface area contributed by atoms with Crippen molar-refractivity contribution >= 4 is 5.91 Å². The first-order valence-corrected chi connectivity index (χ1v) is 11.3. The van der Waals surface area contributed by atoms with Gasteiger partial charge < -0.3 is 14.6 Å². The van der Waals surface area contributed by atoms with Crippen LogP contribution in [-0.2, 0) is 17.8 Å². The van der Waals surface area contributed by atoms with Crippen LogP contribution in [0.5, 0.6) is 5.75 Å². The Balaban J connectivity index is 1.16. The number of likely N-dealkylation sites (tertiary alicyclic amines) is 1. The minimum absolute atomic E-state index is 0.0414. The summed E-state index contributed by atoms with van der Waals surface area (Å²) >= 11 is 0. The molecule has 1 N–H and O–H groups in total. The van der Waals surface area contributed by atoms with Crippen LogP contribution in [0.25, 0.3) is 11.4 Å². The zero-order valence-corrected chi connectivity index (χ0v) is 18.8. The molecule has 3 aromatic rings. The van der Waals surface area contributed by atoms with Crippen LogP contribution in [0.15, 0.2) is 53.1 Å². The van der Waals surface area contributed by atoms with Crippen LogP contribution < -0.4 is 10.1 Å². The van der Waals surface area contributed by atoms with E-state index in [1.165, 1.54) is 17.7 Å². The molecule has 7 nitrogen and oxygen atoms in total. The highest BCUT2D eigenvalue weighted by Crippen LogP contribution is 2.21. The second-order valence-corrected chi connectivity index (χ2v) is 8.31. The van der Waals surface area contributed by atoms with Crippen LogP contribution in [0.1, 0.15) is 30.7 Å². The SMILES string of the molecule is COc1ccc(CCCNC(=O)C2CCN(Cc3nc(-c4ccc(F)cc4)no3)CC2)cc1. The summed E-state index contributed by atoms with van der Waals surface area (Å²) in [5.41, 5.74) is 1.95. The Kier molecular flexibility index (Phi) is 7.67. The highest BCUT2D eigenvalue weighted by atomic mass is 19.1. The van der Waals surface area contributed by atoms with Crippen LogP contribution in [0.2, 0.25) is 0 Å². The molecule has 8 heteroatoms. The van der Waals surface area contributed by atoms with Crippen LogP contribution in [0, 0.1) is 11.7 Å². The van der Waals surface area contributed by atoms with Gasteiger partial charge >= 0.3 is 0 Å². The van der Waals surface area contributed by atoms with Gasteiger partial charge in [0.1, 0.15) is 11.6 Å². The van der Waals surface area contributed by atoms with Crippen molar-refractivity contribution in [2.24, 2.45) is 5.92 Å². The van der Waals surface area contributed by atoms with E-state index in [2.05, 4.69) is 32.5 Å². The average Bonchev–Trinajstić information content (AvgIpc) is 3.31. The minimum Gasteiger partial charge on any atom is -0.497 e. The summed E-state index contributed by atoms with van der Waals surface area (Å²) in [6.45, 7) is 2.83. The van der Waals surface area contributed by atoms with Gasteiger partial charge in [-0.25, -0.2) is 4.39 Å². The van der Waals surface area contributed by atoms with Crippen molar-refractivity contribution in [2.75, 3.05) is 26.7 Å². The van der Waals surface area contributed by atoms with E-state index in [0.717, 1.165) is 44.5 Å². The molecule has 1 saturated heterocycles. The number of ether oxygens (including phenoxy) is 1. The molecule has 1 fully saturated rings. The molecular weight excluding hydrogens is 423 g/mol. The number of hydrogen-bond acceptors (Lipinski definition) is 6. The third-order valence-corrected chi connectivity index (χ3v) is 5.99. The van der Waals surface area contributed by atoms with Gasteiger partial charge in [-0.1, -0.05) is 17.3 Å². The standard InChI is InChI=1S/C25H29FN4O3/c1-32-22-10-4-18(5-11-22)3-2-14-27-25(31)20-12-15-30(16-13-20)17-23-28-24(29-33-23)19-6-8-21(26)9-7-19/h4-11,20H,2-3,12-17H2,1H3,(H,27,31). The van der Waals surface area contributed by atoms with Crippen LogP contribution >= 0.6 is 0 Å². The fraction of sp³-hybridized carbons (Fsp3) is 0.400. The third-order valence-electron chi connectivity index (χ3n) is 5.99. The van der Waals surface area contributed by atoms with Gasteiger partial charge in [0.2, 0.25) is 17.6 Å². The van der Waals surface area contributed by atoms with Crippen molar-refractivity contribution in [3.63, 3.8) is 0 Å². The largest absolute Gasteiger partial charge is 0.497 e. The van der Waals surface area contributed by atoms with E-state index in [9.17, 15) is 9.18 Å². The first-order valence-electron chi connectivity index (χ1n) is 11.3. The fourth-order valence-corrected chi connectivity index (χ4v) is 4.02. The quantitative estimate of drug-likeness (QED) is 0.497. The summed E-state index contributed by atoms with van der Waals surface area (Å²) in [4.78, 5) is 19.2. The number of nitrogens with one attached hydrogen (secondary N) is 1. The highest BCUT2D eigenvalue weighted by Gasteiger charge is 2.25. The van der Waals surface area contributed by atoms with Gasteiger partial charge in [-0.05, 0) is 80.7 Å². The summed E-state index contributed by atoms with van der Waals surface area (Å²) in [7, 11) is 1.66. The van der Waals surface area contributed by atoms with Gasteiger partial charge in [-0.15, -0.1) is 0 Å². The van der Waals surface area contributed by atoms with Gasteiger partial charge in [0, 0.05) is 18.0 Å². The number of aryl methyl sites for hydroxylation is 1. The maximum atomic E-state index is 13.1. The first-order chi connectivity index (χ1) is 16.1. The molecular formula is C25H29FN4O3. The fourth-order valence-electron chi connectivity index (χ4n) is 4.02. The van der Waals surface area contributed by atoms with Gasteiger partial charge in [0.05, 0.1) is 13.7 Å². The number of carbonyl (C=O) groups is 1. The molecule has 4 rings (SSSR count). The lowest BCUT2D eigenvalue weighted by atomic mass is 9.96. The van der Waals surface area contributed by atoms with Crippen LogP contribution in [-0.4, -0.2) is 47.7 Å². The van der Waals surface area contributed by atoms with Crippen molar-refractivity contribution in [3.05, 3.63) is 65.8 Å². The van der Waals surface area contributed by atoms with Crippen LogP contribution in [0.3, 0.4) is 0 Å². The van der Waals surface area contributed by atoms with Crippen LogP contribution in [0.4, 0.5) is 4.39 Å². The average molecular weight is 453 g/mol. The van der Waals surface area contributed by atoms with E-state index in [1.54, 1.807) is 19.2 Å². The maximum Gasteiger partial charge on any atom is 0.241 e. The molecule has 1 aliphatic heterocycles. The number of methoxy groups -OCH3 is 1. The van der Waals surface area contributed by atoms with Gasteiger partial charge in [-0.3, -0.25) is 9.69 Å². The van der Waals surface area contributed by atoms with E-state index in [0.29, 0.717) is 30.4 Å². The molecule has 0 radical (unpaired) electrons. The van der Waals surface area contributed by atoms with E-state index < -0.39 is 0 Å². The molecule has 0 atom stereocenters. The molecule has 1 aromatic heterocycles. The number of benzene rings is 2. The number of nitrogens with zero attached hydrogens (tertiary/aromatic N) is 3. The monoisotopic (exact) mass is 452 g/mol. The van der Waals surface area contributed by atoms with Gasteiger partial charge in [0.15, 0.2) is 0 Å². The van der Waals surface area contributed by atoms with Crippen molar-refractivity contribution in [3.8, 4) is 17.1 Å². The van der Waals surface area contributed by atoms with Crippen molar-refractivity contribution in [1.29, 1.82) is 0 Å². The molecule has 2 aromatic carbocycles. The predicted octanol–water partition coefficient (Wildman–Crippen LogP) is 3.85. The number of piperidine rings is 1. The van der Waals surface area contributed by atoms with Crippen molar-refractivity contribution in [2.45, 2.75) is 32.2 Å². The lowest BCUT2D eigenvalue weighted by molar-refractivity contribution is -0.126. The van der Waals surface area contributed by atoms with E-state index in [4.69, 9.17) is 9.26 Å². The smallest absolute Gasteiger partial charge is 0.241 e. The van der Waals surface area contributed by atoms with Gasteiger partial charge in [0.25, 0.3) is 0 Å². The minimum atomic E-state index is -0.299. The topological polar surface area (TPSA) is 80.5 Å². The van der Waals surface area contributed by atoms with E-state index in [1.807, 2.05) is 12.1 Å². The summed E-state index contributed by atoms with van der Waals surface area (Å²) in [5.74, 6) is 1.71. The van der Waals surface area contributed by atoms with Crippen molar-refractivity contribution in [1.82, 2.24) is 20.4 Å². The third kappa shape index (κ3) is 6.38. The Labute approximate surface area is 192 Å². The van der Waals surface area contributed by atoms with E-state index >= 15 is 0 Å². The molecule has 1 amide bonds. The van der Waals surface area contributed by atoms with Crippen molar-refractivity contribution < 1.29 is 18.4 Å². The Hall–Kier alpha value is -3.26. The lowest BCUT2D eigenvalue weighted by Gasteiger charge is -2.30. The van der Waals surface area contributed by atoms with E-state index in [-0.39, 0.29) is 17.6 Å². The zero-order valence-electron chi connectivity index (χ0n) is 18.8. The number of amides is 1. The molecule has 0 spiro atoms. The molecule has 174 valence electrons. The molecule has 0 unspecified atom stereocenters. The predicted molar refractivity (Wildman–Crippen MR) is 122 cm³/mol. The maximum absolute atomic E-state index is 13.1. The number of halogens is 1. The van der Waals surface area contributed by atoms with Gasteiger partial charge in [-0.2, -0.15) is 4.98 Å². The zero-order chi connectivity index (χ0) is 23.0. The second-order valence-electron chi connectivity index (χ2n) is 8.31. The molecule has 0 bridgehead atoms. The molecule has 0 aliphatic carbocycles. The molecule has 1 aliphatic rings. The second kappa shape index (κ2) is 11.0. The number of hydrogen-bond donors (Lipinski definition) is 1. The Bertz CT molecular complexity index is 1030. The summed E-state index contributed by atoms with van der Waals surface area (Å²) < 4.78 is 23.6. The normalized spacial score (nSPS) is 14.8. The number of carbonyl (C=O) groups excluding carboxylic acids is 1. The number of aromatic nitrogens is 2. The number of rotatable bonds is 9. The lowest BCUT2D eigenvalue weighted by Crippen LogP contribution is -2.40. The first kappa shape index (κ1) is 22.9. The highest BCUT2D eigenvalue weighted by molar-refractivity contribution is 5.78. The Morgan fingerprint density at radius 2 is 1.88 bits per heavy atom. The summed E-state index contributed by atoms with van der Waals surface area (Å²) in [6, 6.07) is 14.0. The Morgan fingerprint density at radius 3 is 2.58 bits per heavy atom. The summed E-state index contributed by atoms with van der Waals surface area (Å²) in [5, 5.41) is 7.08.